The molecule has 0 amide bonds. The van der Waals surface area contributed by atoms with Crippen molar-refractivity contribution in [3.05, 3.63) is 36.2 Å². The summed E-state index contributed by atoms with van der Waals surface area (Å²) in [5.74, 6) is 0. The van der Waals surface area contributed by atoms with Gasteiger partial charge in [-0.25, -0.2) is 4.79 Å². The second kappa shape index (κ2) is 6.61. The summed E-state index contributed by atoms with van der Waals surface area (Å²) < 4.78 is 9.60. The van der Waals surface area contributed by atoms with Crippen LogP contribution in [0.3, 0.4) is 0 Å². The molecule has 0 fully saturated rings. The van der Waals surface area contributed by atoms with E-state index in [2.05, 4.69) is 9.72 Å². The van der Waals surface area contributed by atoms with Gasteiger partial charge in [0.25, 0.3) is 0 Å². The average molecular weight is 221 g/mol. The Hall–Kier alpha value is -1.84. The highest BCUT2D eigenvalue weighted by Gasteiger charge is 2.06. The molecule has 0 aliphatic carbocycles. The lowest BCUT2D eigenvalue weighted by Crippen LogP contribution is -2.13. The fraction of sp³-hybridized carbons (Fsp3) is 0.333. The quantitative estimate of drug-likeness (QED) is 0.733. The molecule has 4 heteroatoms. The molecule has 0 aliphatic heterocycles. The monoisotopic (exact) mass is 221 g/mol. The normalized spacial score (nSPS) is 12.4. The Morgan fingerprint density at radius 1 is 1.62 bits per heavy atom. The van der Waals surface area contributed by atoms with Gasteiger partial charge in [0, 0.05) is 12.4 Å². The molecule has 0 radical (unpaired) electrons. The molecule has 0 aliphatic rings. The third-order valence-corrected chi connectivity index (χ3v) is 1.79. The zero-order valence-electron chi connectivity index (χ0n) is 9.42. The molecular formula is C12H15NO3. The molecule has 0 saturated heterocycles. The first kappa shape index (κ1) is 12.2. The summed E-state index contributed by atoms with van der Waals surface area (Å²) in [7, 11) is 0. The van der Waals surface area contributed by atoms with Crippen molar-refractivity contribution in [1.82, 2.24) is 4.98 Å². The molecule has 0 bridgehead atoms. The van der Waals surface area contributed by atoms with Gasteiger partial charge in [0.1, 0.15) is 6.10 Å². The van der Waals surface area contributed by atoms with Crippen LogP contribution in [-0.4, -0.2) is 23.9 Å². The highest BCUT2D eigenvalue weighted by molar-refractivity contribution is 5.60. The highest BCUT2D eigenvalue weighted by Crippen LogP contribution is 2.03. The number of hydrogen-bond acceptors (Lipinski definition) is 4. The standard InChI is InChI=1S/C12H15NO3/c1-3-15-12(14)16-10(2)6-7-11-5-4-8-13-9-11/h4-10H,3H2,1-2H3/b7-6+. The van der Waals surface area contributed by atoms with E-state index in [1.807, 2.05) is 18.2 Å². The largest absolute Gasteiger partial charge is 0.508 e. The van der Waals surface area contributed by atoms with E-state index in [0.29, 0.717) is 6.61 Å². The van der Waals surface area contributed by atoms with Gasteiger partial charge in [-0.15, -0.1) is 0 Å². The topological polar surface area (TPSA) is 48.4 Å². The first-order valence-corrected chi connectivity index (χ1v) is 5.14. The predicted octanol–water partition coefficient (Wildman–Crippen LogP) is 2.66. The summed E-state index contributed by atoms with van der Waals surface area (Å²) in [5, 5.41) is 0. The number of aromatic nitrogens is 1. The van der Waals surface area contributed by atoms with E-state index < -0.39 is 6.16 Å². The summed E-state index contributed by atoms with van der Waals surface area (Å²) in [5.41, 5.74) is 0.960. The Morgan fingerprint density at radius 3 is 3.06 bits per heavy atom. The Bertz CT molecular complexity index is 349. The Kier molecular flexibility index (Phi) is 5.05. The van der Waals surface area contributed by atoms with Gasteiger partial charge >= 0.3 is 6.16 Å². The smallest absolute Gasteiger partial charge is 0.435 e. The number of carbonyl (C=O) groups is 1. The average Bonchev–Trinajstić information content (AvgIpc) is 2.28. The van der Waals surface area contributed by atoms with Crippen molar-refractivity contribution in [3.8, 4) is 0 Å². The van der Waals surface area contributed by atoms with E-state index in [-0.39, 0.29) is 6.10 Å². The zero-order chi connectivity index (χ0) is 11.8. The van der Waals surface area contributed by atoms with Crippen LogP contribution in [0.5, 0.6) is 0 Å². The van der Waals surface area contributed by atoms with Gasteiger partial charge in [-0.3, -0.25) is 4.98 Å². The van der Waals surface area contributed by atoms with Gasteiger partial charge < -0.3 is 9.47 Å². The zero-order valence-corrected chi connectivity index (χ0v) is 9.42. The molecule has 1 rings (SSSR count). The van der Waals surface area contributed by atoms with E-state index in [0.717, 1.165) is 5.56 Å². The minimum atomic E-state index is -0.647. The summed E-state index contributed by atoms with van der Waals surface area (Å²) in [6, 6.07) is 3.76. The van der Waals surface area contributed by atoms with Gasteiger partial charge in [-0.05, 0) is 31.6 Å². The first-order valence-electron chi connectivity index (χ1n) is 5.14. The van der Waals surface area contributed by atoms with E-state index in [1.54, 1.807) is 32.3 Å². The molecule has 1 aromatic heterocycles. The van der Waals surface area contributed by atoms with Crippen LogP contribution in [0, 0.1) is 0 Å². The van der Waals surface area contributed by atoms with Crippen LogP contribution >= 0.6 is 0 Å². The maximum atomic E-state index is 11.0. The van der Waals surface area contributed by atoms with Crippen molar-refractivity contribution in [2.24, 2.45) is 0 Å². The molecule has 1 unspecified atom stereocenters. The van der Waals surface area contributed by atoms with Crippen LogP contribution in [0.15, 0.2) is 30.6 Å². The minimum Gasteiger partial charge on any atom is -0.435 e. The fourth-order valence-corrected chi connectivity index (χ4v) is 1.06. The Labute approximate surface area is 94.9 Å². The fourth-order valence-electron chi connectivity index (χ4n) is 1.06. The number of nitrogens with zero attached hydrogens (tertiary/aromatic N) is 1. The van der Waals surface area contributed by atoms with Crippen molar-refractivity contribution in [1.29, 1.82) is 0 Å². The summed E-state index contributed by atoms with van der Waals surface area (Å²) in [4.78, 5) is 14.9. The number of hydrogen-bond donors (Lipinski definition) is 0. The van der Waals surface area contributed by atoms with Crippen LogP contribution < -0.4 is 0 Å². The lowest BCUT2D eigenvalue weighted by atomic mass is 10.2. The number of carbonyl (C=O) groups excluding carboxylic acids is 1. The Balaban J connectivity index is 2.42. The van der Waals surface area contributed by atoms with Crippen LogP contribution in [-0.2, 0) is 9.47 Å². The summed E-state index contributed by atoms with van der Waals surface area (Å²) in [6.45, 7) is 3.82. The second-order valence-corrected chi connectivity index (χ2v) is 3.15. The molecule has 86 valence electrons. The van der Waals surface area contributed by atoms with Crippen molar-refractivity contribution in [2.75, 3.05) is 6.61 Å². The van der Waals surface area contributed by atoms with Gasteiger partial charge in [-0.1, -0.05) is 12.1 Å². The number of rotatable bonds is 4. The third kappa shape index (κ3) is 4.59. The maximum Gasteiger partial charge on any atom is 0.508 e. The molecular weight excluding hydrogens is 206 g/mol. The van der Waals surface area contributed by atoms with Crippen LogP contribution in [0.1, 0.15) is 19.4 Å². The molecule has 1 atom stereocenters. The molecule has 0 spiro atoms. The van der Waals surface area contributed by atoms with Gasteiger partial charge in [-0.2, -0.15) is 0 Å². The van der Waals surface area contributed by atoms with Crippen LogP contribution in [0.2, 0.25) is 0 Å². The summed E-state index contributed by atoms with van der Waals surface area (Å²) >= 11 is 0. The first-order chi connectivity index (χ1) is 7.72. The van der Waals surface area contributed by atoms with Gasteiger partial charge in [0.2, 0.25) is 0 Å². The molecule has 0 aromatic carbocycles. The molecule has 16 heavy (non-hydrogen) atoms. The van der Waals surface area contributed by atoms with E-state index in [9.17, 15) is 4.79 Å². The predicted molar refractivity (Wildman–Crippen MR) is 60.8 cm³/mol. The van der Waals surface area contributed by atoms with Crippen molar-refractivity contribution >= 4 is 12.2 Å². The van der Waals surface area contributed by atoms with Gasteiger partial charge in [0.15, 0.2) is 0 Å². The molecule has 1 aromatic rings. The molecule has 0 N–H and O–H groups in total. The lowest BCUT2D eigenvalue weighted by molar-refractivity contribution is 0.0456. The van der Waals surface area contributed by atoms with Crippen LogP contribution in [0.25, 0.3) is 6.08 Å². The summed E-state index contributed by atoms with van der Waals surface area (Å²) in [6.07, 6.45) is 6.08. The Morgan fingerprint density at radius 2 is 2.44 bits per heavy atom. The van der Waals surface area contributed by atoms with Crippen molar-refractivity contribution in [3.63, 3.8) is 0 Å². The van der Waals surface area contributed by atoms with Crippen LogP contribution in [0.4, 0.5) is 4.79 Å². The molecule has 0 saturated carbocycles. The van der Waals surface area contributed by atoms with E-state index >= 15 is 0 Å². The number of pyridine rings is 1. The minimum absolute atomic E-state index is 0.317. The molecule has 4 nitrogen and oxygen atoms in total. The van der Waals surface area contributed by atoms with Crippen molar-refractivity contribution in [2.45, 2.75) is 20.0 Å². The lowest BCUT2D eigenvalue weighted by Gasteiger charge is -2.08. The van der Waals surface area contributed by atoms with Crippen molar-refractivity contribution < 1.29 is 14.3 Å². The third-order valence-electron chi connectivity index (χ3n) is 1.79. The SMILES string of the molecule is CCOC(=O)OC(C)/C=C/c1cccnc1. The second-order valence-electron chi connectivity index (χ2n) is 3.15. The number of ether oxygens (including phenoxy) is 2. The van der Waals surface area contributed by atoms with Gasteiger partial charge in [0.05, 0.1) is 6.61 Å². The van der Waals surface area contributed by atoms with E-state index in [4.69, 9.17) is 4.74 Å². The highest BCUT2D eigenvalue weighted by atomic mass is 16.7. The molecule has 1 heterocycles. The van der Waals surface area contributed by atoms with E-state index in [1.165, 1.54) is 0 Å². The maximum absolute atomic E-state index is 11.0.